The van der Waals surface area contributed by atoms with E-state index in [1.807, 2.05) is 38.6 Å². The van der Waals surface area contributed by atoms with Crippen molar-refractivity contribution in [3.63, 3.8) is 0 Å². The number of carbonyl (C=O) groups is 2. The minimum Gasteiger partial charge on any atom is -0.444 e. The summed E-state index contributed by atoms with van der Waals surface area (Å²) < 4.78 is 8.67. The molecule has 230 valence electrons. The van der Waals surface area contributed by atoms with Crippen LogP contribution in [-0.2, 0) is 4.74 Å². The first-order valence-electron chi connectivity index (χ1n) is 14.4. The third kappa shape index (κ3) is 6.31. The Labute approximate surface area is 255 Å². The average Bonchev–Trinajstić information content (AvgIpc) is 3.48. The summed E-state index contributed by atoms with van der Waals surface area (Å²) in [6.45, 7) is 10.3. The molecule has 0 spiro atoms. The van der Waals surface area contributed by atoms with Gasteiger partial charge in [0.05, 0.1) is 29.8 Å². The first-order chi connectivity index (χ1) is 20.8. The molecule has 0 unspecified atom stereocenters. The van der Waals surface area contributed by atoms with Crippen LogP contribution in [0.2, 0.25) is 0 Å². The van der Waals surface area contributed by atoms with Crippen molar-refractivity contribution >= 4 is 17.8 Å². The Morgan fingerprint density at radius 2 is 1.77 bits per heavy atom. The fraction of sp³-hybridized carbons (Fsp3) is 0.387. The first-order valence-corrected chi connectivity index (χ1v) is 14.4. The molecule has 1 aromatic carbocycles. The number of hydrogen-bond acceptors (Lipinski definition) is 9. The predicted octanol–water partition coefficient (Wildman–Crippen LogP) is 3.68. The van der Waals surface area contributed by atoms with Gasteiger partial charge in [0.15, 0.2) is 5.82 Å². The van der Waals surface area contributed by atoms with E-state index in [4.69, 9.17) is 15.5 Å². The maximum atomic E-state index is 13.2. The van der Waals surface area contributed by atoms with E-state index in [1.165, 1.54) is 4.68 Å². The van der Waals surface area contributed by atoms with Crippen LogP contribution in [0.15, 0.2) is 47.7 Å². The Balaban J connectivity index is 1.42. The summed E-state index contributed by atoms with van der Waals surface area (Å²) in [6, 6.07) is 6.83. The summed E-state index contributed by atoms with van der Waals surface area (Å²) in [5, 5.41) is 11.8. The van der Waals surface area contributed by atoms with E-state index in [0.717, 1.165) is 24.0 Å². The van der Waals surface area contributed by atoms with Crippen LogP contribution >= 0.6 is 0 Å². The Hall–Kier alpha value is -5.07. The molecule has 13 heteroatoms. The van der Waals surface area contributed by atoms with Gasteiger partial charge in [-0.05, 0) is 71.2 Å². The summed E-state index contributed by atoms with van der Waals surface area (Å²) >= 11 is 0. The molecule has 1 aliphatic heterocycles. The number of nitrogen functional groups attached to an aromatic ring is 1. The summed E-state index contributed by atoms with van der Waals surface area (Å²) in [5.41, 5.74) is 9.44. The van der Waals surface area contributed by atoms with Gasteiger partial charge in [-0.3, -0.25) is 14.3 Å². The number of hydrogen-bond donors (Lipinski definition) is 2. The molecule has 13 nitrogen and oxygen atoms in total. The van der Waals surface area contributed by atoms with Gasteiger partial charge in [-0.1, -0.05) is 6.07 Å². The number of likely N-dealkylation sites (tertiary alicyclic amines) is 1. The molecule has 4 aromatic rings. The molecule has 0 saturated carbocycles. The molecule has 0 aliphatic carbocycles. The van der Waals surface area contributed by atoms with E-state index < -0.39 is 5.60 Å². The van der Waals surface area contributed by atoms with E-state index in [9.17, 15) is 14.4 Å². The van der Waals surface area contributed by atoms with Gasteiger partial charge < -0.3 is 20.7 Å². The lowest BCUT2D eigenvalue weighted by Gasteiger charge is -2.33. The molecule has 2 amide bonds. The Morgan fingerprint density at radius 1 is 1.05 bits per heavy atom. The van der Waals surface area contributed by atoms with Crippen LogP contribution in [0.3, 0.4) is 0 Å². The predicted molar refractivity (Wildman–Crippen MR) is 165 cm³/mol. The van der Waals surface area contributed by atoms with Gasteiger partial charge in [0, 0.05) is 43.0 Å². The van der Waals surface area contributed by atoms with Gasteiger partial charge in [0.1, 0.15) is 17.0 Å². The van der Waals surface area contributed by atoms with Crippen LogP contribution in [0, 0.1) is 13.8 Å². The van der Waals surface area contributed by atoms with E-state index >= 15 is 0 Å². The maximum absolute atomic E-state index is 13.2. The summed E-state index contributed by atoms with van der Waals surface area (Å²) in [5.74, 6) is -0.118. The van der Waals surface area contributed by atoms with E-state index in [2.05, 4.69) is 20.5 Å². The summed E-state index contributed by atoms with van der Waals surface area (Å²) in [7, 11) is 1.55. The Kier molecular flexibility index (Phi) is 8.22. The van der Waals surface area contributed by atoms with Crippen molar-refractivity contribution in [2.75, 3.05) is 25.9 Å². The molecule has 0 atom stereocenters. The lowest BCUT2D eigenvalue weighted by Crippen LogP contribution is -2.42. The van der Waals surface area contributed by atoms with Crippen molar-refractivity contribution in [1.82, 2.24) is 39.7 Å². The number of ether oxygens (including phenoxy) is 1. The summed E-state index contributed by atoms with van der Waals surface area (Å²) in [6.07, 6.45) is 6.38. The molecular weight excluding hydrogens is 562 g/mol. The van der Waals surface area contributed by atoms with Crippen LogP contribution < -0.4 is 16.6 Å². The minimum absolute atomic E-state index is 0.116. The quantitative estimate of drug-likeness (QED) is 0.348. The fourth-order valence-corrected chi connectivity index (χ4v) is 5.05. The zero-order chi connectivity index (χ0) is 31.8. The molecule has 1 saturated heterocycles. The minimum atomic E-state index is -0.536. The second-order valence-electron chi connectivity index (χ2n) is 11.9. The largest absolute Gasteiger partial charge is 0.444 e. The van der Waals surface area contributed by atoms with Crippen molar-refractivity contribution in [2.45, 2.75) is 59.1 Å². The van der Waals surface area contributed by atoms with Crippen LogP contribution in [0.25, 0.3) is 28.3 Å². The maximum Gasteiger partial charge on any atom is 0.410 e. The number of aryl methyl sites for hydroxylation is 2. The highest BCUT2D eigenvalue weighted by atomic mass is 16.6. The molecule has 5 rings (SSSR count). The highest BCUT2D eigenvalue weighted by Gasteiger charge is 2.28. The number of anilines is 1. The molecule has 3 N–H and O–H groups in total. The van der Waals surface area contributed by atoms with Gasteiger partial charge in [-0.25, -0.2) is 14.8 Å². The first kappa shape index (κ1) is 30.4. The molecule has 44 heavy (non-hydrogen) atoms. The van der Waals surface area contributed by atoms with Crippen molar-refractivity contribution in [2.24, 2.45) is 0 Å². The number of nitrogens with one attached hydrogen (secondary N) is 1. The molecule has 4 heterocycles. The zero-order valence-corrected chi connectivity index (χ0v) is 25.8. The number of benzene rings is 1. The van der Waals surface area contributed by atoms with Crippen molar-refractivity contribution < 1.29 is 14.3 Å². The van der Waals surface area contributed by atoms with Crippen LogP contribution in [-0.4, -0.2) is 72.2 Å². The Morgan fingerprint density at radius 3 is 2.45 bits per heavy atom. The Bertz CT molecular complexity index is 1780. The molecule has 1 aliphatic rings. The normalized spacial score (nSPS) is 14.0. The standard InChI is InChI=1S/C31H37N9O4/c1-18-7-8-20(28(41)33-6)14-25(18)40-29(42)19(2)13-23(37-40)26-27(32)34-16-24(36-26)21-15-35-39(17-21)22-9-11-38(12-10-22)30(43)44-31(3,4)5/h7-8,13-17,22H,9-12H2,1-6H3,(H2,32,34)(H,33,41). The molecule has 1 fully saturated rings. The smallest absolute Gasteiger partial charge is 0.410 e. The van der Waals surface area contributed by atoms with E-state index in [1.54, 1.807) is 55.5 Å². The second kappa shape index (κ2) is 11.9. The number of nitrogens with zero attached hydrogens (tertiary/aromatic N) is 7. The molecular formula is C31H37N9O4. The number of carbonyl (C=O) groups excluding carboxylic acids is 2. The number of aromatic nitrogens is 6. The molecule has 3 aromatic heterocycles. The molecule has 0 radical (unpaired) electrons. The van der Waals surface area contributed by atoms with E-state index in [-0.39, 0.29) is 29.4 Å². The third-order valence-corrected chi connectivity index (χ3v) is 7.45. The number of nitrogens with two attached hydrogens (primary N) is 1. The zero-order valence-electron chi connectivity index (χ0n) is 25.8. The monoisotopic (exact) mass is 599 g/mol. The van der Waals surface area contributed by atoms with Crippen LogP contribution in [0.5, 0.6) is 0 Å². The second-order valence-corrected chi connectivity index (χ2v) is 11.9. The lowest BCUT2D eigenvalue weighted by molar-refractivity contribution is 0.0184. The number of amides is 2. The van der Waals surface area contributed by atoms with Gasteiger partial charge in [-0.15, -0.1) is 0 Å². The third-order valence-electron chi connectivity index (χ3n) is 7.45. The highest BCUT2D eigenvalue weighted by molar-refractivity contribution is 5.94. The SMILES string of the molecule is CNC(=O)c1ccc(C)c(-n2nc(-c3nc(-c4cnn(C5CCN(C(=O)OC(C)(C)C)CC5)c4)cnc3N)cc(C)c2=O)c1. The van der Waals surface area contributed by atoms with Gasteiger partial charge in [0.25, 0.3) is 11.5 Å². The topological polar surface area (TPSA) is 163 Å². The number of piperidine rings is 1. The molecule has 0 bridgehead atoms. The lowest BCUT2D eigenvalue weighted by atomic mass is 10.1. The van der Waals surface area contributed by atoms with Gasteiger partial charge in [0.2, 0.25) is 0 Å². The number of rotatable bonds is 5. The average molecular weight is 600 g/mol. The van der Waals surface area contributed by atoms with Crippen LogP contribution in [0.1, 0.15) is 61.1 Å². The van der Waals surface area contributed by atoms with Crippen molar-refractivity contribution in [1.29, 1.82) is 0 Å². The van der Waals surface area contributed by atoms with E-state index in [0.29, 0.717) is 47.0 Å². The van der Waals surface area contributed by atoms with Gasteiger partial charge in [-0.2, -0.15) is 14.9 Å². The van der Waals surface area contributed by atoms with Gasteiger partial charge >= 0.3 is 6.09 Å². The summed E-state index contributed by atoms with van der Waals surface area (Å²) in [4.78, 5) is 48.8. The fourth-order valence-electron chi connectivity index (χ4n) is 5.05. The highest BCUT2D eigenvalue weighted by Crippen LogP contribution is 2.28. The van der Waals surface area contributed by atoms with Crippen molar-refractivity contribution in [3.05, 3.63) is 69.9 Å². The van der Waals surface area contributed by atoms with Crippen molar-refractivity contribution in [3.8, 4) is 28.3 Å². The van der Waals surface area contributed by atoms with Crippen LogP contribution in [0.4, 0.5) is 10.6 Å².